The van der Waals surface area contributed by atoms with Gasteiger partial charge in [0.1, 0.15) is 17.3 Å². The van der Waals surface area contributed by atoms with Crippen molar-refractivity contribution in [1.82, 2.24) is 14.5 Å². The number of rotatable bonds is 2. The molecule has 5 nitrogen and oxygen atoms in total. The van der Waals surface area contributed by atoms with Crippen LogP contribution in [-0.2, 0) is 7.05 Å². The third-order valence-corrected chi connectivity index (χ3v) is 3.98. The van der Waals surface area contributed by atoms with Gasteiger partial charge in [0.15, 0.2) is 0 Å². The number of hydrogen-bond acceptors (Lipinski definition) is 3. The Morgan fingerprint density at radius 2 is 2.04 bits per heavy atom. The number of benzene rings is 1. The summed E-state index contributed by atoms with van der Waals surface area (Å²) in [6.45, 7) is 6.89. The Balaban J connectivity index is 1.78. The largest absolute Gasteiger partial charge is 0.340 e. The van der Waals surface area contributed by atoms with Gasteiger partial charge in [-0.1, -0.05) is 6.07 Å². The van der Waals surface area contributed by atoms with Crippen LogP contribution in [0.15, 0.2) is 48.8 Å². The maximum atomic E-state index is 13.7. The van der Waals surface area contributed by atoms with E-state index < -0.39 is 5.82 Å². The molecule has 0 unspecified atom stereocenters. The monoisotopic (exact) mass is 316 g/mol. The molecule has 0 amide bonds. The Hall–Kier alpha value is -3.46. The first-order valence-electron chi connectivity index (χ1n) is 7.30. The van der Waals surface area contributed by atoms with Crippen LogP contribution in [-0.4, -0.2) is 14.5 Å². The first-order valence-corrected chi connectivity index (χ1v) is 7.30. The molecule has 0 spiro atoms. The molecule has 24 heavy (non-hydrogen) atoms. The first kappa shape index (κ1) is 14.2. The van der Waals surface area contributed by atoms with Crippen LogP contribution in [0, 0.1) is 12.4 Å². The first-order chi connectivity index (χ1) is 11.7. The molecule has 1 N–H and O–H groups in total. The Kier molecular flexibility index (Phi) is 3.14. The minimum atomic E-state index is -0.549. The lowest BCUT2D eigenvalue weighted by atomic mass is 10.2. The molecule has 0 fully saturated rings. The van der Waals surface area contributed by atoms with Gasteiger partial charge in [-0.3, -0.25) is 4.98 Å². The Morgan fingerprint density at radius 3 is 2.83 bits per heavy atom. The topological polar surface area (TPSA) is 47.1 Å². The Morgan fingerprint density at radius 1 is 1.17 bits per heavy atom. The molecule has 3 aromatic heterocycles. The van der Waals surface area contributed by atoms with Gasteiger partial charge in [0.2, 0.25) is 5.69 Å². The van der Waals surface area contributed by atoms with Crippen molar-refractivity contribution >= 4 is 39.1 Å². The zero-order valence-corrected chi connectivity index (χ0v) is 12.8. The van der Waals surface area contributed by atoms with Crippen LogP contribution >= 0.6 is 0 Å². The fraction of sp³-hybridized carbons (Fsp3) is 0.0556. The summed E-state index contributed by atoms with van der Waals surface area (Å²) in [5.41, 5.74) is 2.43. The van der Waals surface area contributed by atoms with E-state index in [1.165, 1.54) is 12.1 Å². The third-order valence-electron chi connectivity index (χ3n) is 3.98. The van der Waals surface area contributed by atoms with Gasteiger partial charge in [0, 0.05) is 35.9 Å². The number of halogens is 1. The van der Waals surface area contributed by atoms with Crippen molar-refractivity contribution in [3.8, 4) is 0 Å². The molecule has 0 aliphatic carbocycles. The van der Waals surface area contributed by atoms with E-state index in [0.29, 0.717) is 11.5 Å². The van der Waals surface area contributed by atoms with Crippen molar-refractivity contribution in [1.29, 1.82) is 0 Å². The molecule has 0 saturated carbocycles. The summed E-state index contributed by atoms with van der Waals surface area (Å²) in [6.07, 6.45) is 3.58. The highest BCUT2D eigenvalue weighted by Crippen LogP contribution is 2.28. The van der Waals surface area contributed by atoms with Gasteiger partial charge < -0.3 is 9.88 Å². The van der Waals surface area contributed by atoms with E-state index in [2.05, 4.69) is 20.1 Å². The lowest BCUT2D eigenvalue weighted by Gasteiger charge is -2.07. The maximum absolute atomic E-state index is 13.7. The molecule has 116 valence electrons. The van der Waals surface area contributed by atoms with Gasteiger partial charge in [-0.2, -0.15) is 0 Å². The molecule has 3 heterocycles. The second-order valence-corrected chi connectivity index (χ2v) is 5.42. The van der Waals surface area contributed by atoms with Crippen LogP contribution in [0.3, 0.4) is 0 Å². The van der Waals surface area contributed by atoms with Crippen LogP contribution in [0.4, 0.5) is 21.6 Å². The summed E-state index contributed by atoms with van der Waals surface area (Å²) in [5, 5.41) is 5.13. The molecule has 1 aromatic carbocycles. The minimum absolute atomic E-state index is 0.00476. The van der Waals surface area contributed by atoms with Crippen molar-refractivity contribution in [3.05, 3.63) is 66.0 Å². The number of pyridine rings is 2. The van der Waals surface area contributed by atoms with Gasteiger partial charge in [-0.15, -0.1) is 0 Å². The smallest absolute Gasteiger partial charge is 0.222 e. The second-order valence-electron chi connectivity index (χ2n) is 5.42. The number of aryl methyl sites for hydroxylation is 1. The van der Waals surface area contributed by atoms with Crippen molar-refractivity contribution in [2.75, 3.05) is 5.32 Å². The van der Waals surface area contributed by atoms with Gasteiger partial charge in [-0.25, -0.2) is 14.2 Å². The maximum Gasteiger partial charge on any atom is 0.222 e. The molecule has 4 rings (SSSR count). The number of fused-ring (bicyclic) bond motifs is 3. The van der Waals surface area contributed by atoms with Crippen LogP contribution in [0.1, 0.15) is 0 Å². The summed E-state index contributed by atoms with van der Waals surface area (Å²) in [5.74, 6) is 0.0584. The highest BCUT2D eigenvalue weighted by Gasteiger charge is 2.10. The average molecular weight is 316 g/mol. The summed E-state index contributed by atoms with van der Waals surface area (Å²) in [6, 6.07) is 10.2. The van der Waals surface area contributed by atoms with Crippen LogP contribution in [0.25, 0.3) is 26.8 Å². The van der Waals surface area contributed by atoms with Crippen LogP contribution in [0.2, 0.25) is 0 Å². The van der Waals surface area contributed by atoms with Gasteiger partial charge in [0.05, 0.1) is 12.1 Å². The van der Waals surface area contributed by atoms with Crippen molar-refractivity contribution < 1.29 is 4.39 Å². The highest BCUT2D eigenvalue weighted by molar-refractivity contribution is 6.06. The summed E-state index contributed by atoms with van der Waals surface area (Å²) in [4.78, 5) is 11.9. The van der Waals surface area contributed by atoms with E-state index in [9.17, 15) is 4.39 Å². The summed E-state index contributed by atoms with van der Waals surface area (Å²) in [7, 11) is 1.95. The third kappa shape index (κ3) is 2.15. The van der Waals surface area contributed by atoms with E-state index in [0.717, 1.165) is 21.9 Å². The molecule has 4 aromatic rings. The number of hydrogen-bond donors (Lipinski definition) is 1. The van der Waals surface area contributed by atoms with Gasteiger partial charge in [-0.05, 0) is 30.3 Å². The summed E-state index contributed by atoms with van der Waals surface area (Å²) < 4.78 is 15.7. The standard InChI is InChI=1S/C18H12FN5/c1-20-15-5-3-11(9-14(15)19)22-17-6-4-12-13-10-21-8-7-16(13)24(2)18(12)23-17/h3-10H,2H3,(H,22,23)/i19-1. The minimum Gasteiger partial charge on any atom is -0.340 e. The Labute approximate surface area is 137 Å². The molecule has 0 aliphatic heterocycles. The SMILES string of the molecule is [C-]#[N+]c1ccc(Nc2ccc3c4cnccc4n(C)c3n2)cc1[18F]. The average Bonchev–Trinajstić information content (AvgIpc) is 2.88. The molecule has 0 bridgehead atoms. The van der Waals surface area contributed by atoms with Crippen molar-refractivity contribution in [3.63, 3.8) is 0 Å². The highest BCUT2D eigenvalue weighted by atomic mass is 18.2. The van der Waals surface area contributed by atoms with E-state index in [-0.39, 0.29) is 5.69 Å². The fourth-order valence-electron chi connectivity index (χ4n) is 2.81. The fourth-order valence-corrected chi connectivity index (χ4v) is 2.81. The van der Waals surface area contributed by atoms with Crippen molar-refractivity contribution in [2.24, 2.45) is 7.05 Å². The van der Waals surface area contributed by atoms with Crippen LogP contribution < -0.4 is 5.32 Å². The van der Waals surface area contributed by atoms with Crippen molar-refractivity contribution in [2.45, 2.75) is 0 Å². The van der Waals surface area contributed by atoms with Gasteiger partial charge in [0.25, 0.3) is 0 Å². The zero-order valence-electron chi connectivity index (χ0n) is 12.8. The molecular weight excluding hydrogens is 304 g/mol. The lowest BCUT2D eigenvalue weighted by molar-refractivity contribution is 0.634. The van der Waals surface area contributed by atoms with Gasteiger partial charge >= 0.3 is 0 Å². The Bertz CT molecular complexity index is 1120. The predicted molar refractivity (Wildman–Crippen MR) is 92.0 cm³/mol. The van der Waals surface area contributed by atoms with E-state index in [1.807, 2.05) is 36.0 Å². The lowest BCUT2D eigenvalue weighted by Crippen LogP contribution is -1.96. The number of nitrogens with one attached hydrogen (secondary N) is 1. The molecule has 0 atom stereocenters. The number of aromatic nitrogens is 3. The molecule has 0 aliphatic rings. The van der Waals surface area contributed by atoms with E-state index in [1.54, 1.807) is 12.3 Å². The predicted octanol–water partition coefficient (Wildman–Crippen LogP) is 4.55. The molecule has 0 saturated heterocycles. The molecule has 0 radical (unpaired) electrons. The van der Waals surface area contributed by atoms with Crippen LogP contribution in [0.5, 0.6) is 0 Å². The van der Waals surface area contributed by atoms with E-state index in [4.69, 9.17) is 6.57 Å². The number of anilines is 2. The number of nitrogens with zero attached hydrogens (tertiary/aromatic N) is 4. The second kappa shape index (κ2) is 5.32. The quantitative estimate of drug-likeness (QED) is 0.552. The summed E-state index contributed by atoms with van der Waals surface area (Å²) >= 11 is 0. The van der Waals surface area contributed by atoms with E-state index >= 15 is 0 Å². The zero-order chi connectivity index (χ0) is 16.7. The molecular formula is C18H12FN5. The molecule has 6 heteroatoms. The normalized spacial score (nSPS) is 10.9.